The fourth-order valence-electron chi connectivity index (χ4n) is 10.0. The molecule has 0 fully saturated rings. The highest BCUT2D eigenvalue weighted by molar-refractivity contribution is 6.06. The molecule has 8 amide bonds. The van der Waals surface area contributed by atoms with Crippen molar-refractivity contribution in [3.63, 3.8) is 0 Å². The van der Waals surface area contributed by atoms with Crippen LogP contribution in [-0.2, 0) is 6.42 Å². The molecule has 12 bridgehead atoms. The maximum Gasteiger partial charge on any atom is 0.255 e. The van der Waals surface area contributed by atoms with Gasteiger partial charge in [-0.3, -0.25) is 58.0 Å². The van der Waals surface area contributed by atoms with Crippen LogP contribution in [0.5, 0.6) is 17.2 Å². The molecule has 2 atom stereocenters. The van der Waals surface area contributed by atoms with E-state index in [0.29, 0.717) is 102 Å². The van der Waals surface area contributed by atoms with E-state index >= 15 is 0 Å². The Bertz CT molecular complexity index is 2340. The molecule has 4 aliphatic heterocycles. The molecule has 2 unspecified atom stereocenters. The Labute approximate surface area is 466 Å². The standard InChI is InChI=1S/C57H74N12O11/c1-5-38-39-10-6-11-40(38)51(71)59-19-27-67-29-21-61-53(73)42-13-7-12-41(47(42)78-2)52(72)60-20-28-66(26-18-58-50(39)70)34-36-68-30-22-62-54(74)43-14-8-15-44(48(43)79-3)55(75)63-23-31-69(37-35-67)33-25-65-57(77)46-17-9-16-45(49(46)80-4)56(76)64-24-32-68/h6-17H,5,18-37H2,1-4H3,(H,58,70)(H,59,71)(H,60,72)(H,61,73)(H,62,74)(H,63,75)(H,64,76)(H,65,77). The highest BCUT2D eigenvalue weighted by Gasteiger charge is 2.26. The minimum atomic E-state index is -0.463. The molecule has 23 nitrogen and oxygen atoms in total. The number of fused-ring (bicyclic) bond motifs is 16. The van der Waals surface area contributed by atoms with Crippen LogP contribution < -0.4 is 56.7 Å². The maximum absolute atomic E-state index is 14.0. The quantitative estimate of drug-likeness (QED) is 0.138. The van der Waals surface area contributed by atoms with E-state index in [2.05, 4.69) is 52.3 Å². The van der Waals surface area contributed by atoms with Crippen LogP contribution in [0.25, 0.3) is 0 Å². The molecule has 0 spiro atoms. The highest BCUT2D eigenvalue weighted by atomic mass is 16.5. The SMILES string of the molecule is CCc1c2cccc1C(=O)NCCN1CCNC(=O)c3cccc(c3OC)C(=O)NCCN(CCNC2=O)CCN2CCNC(=O)c3cccc(c3OC)C(=O)NCCN(CCNC(=O)c3cccc(c3OC)C(=O)NCC2)CC1. The number of ether oxygens (including phenoxy) is 3. The van der Waals surface area contributed by atoms with Crippen LogP contribution in [0.4, 0.5) is 0 Å². The Hall–Kier alpha value is -8.12. The zero-order chi connectivity index (χ0) is 57.0. The summed E-state index contributed by atoms with van der Waals surface area (Å²) >= 11 is 0. The van der Waals surface area contributed by atoms with E-state index in [1.165, 1.54) is 21.3 Å². The lowest BCUT2D eigenvalue weighted by Gasteiger charge is -2.29. The average Bonchev–Trinajstić information content (AvgIpc) is 3.49. The van der Waals surface area contributed by atoms with Crippen molar-refractivity contribution in [1.82, 2.24) is 62.1 Å². The van der Waals surface area contributed by atoms with E-state index < -0.39 is 35.4 Å². The van der Waals surface area contributed by atoms with E-state index in [1.807, 2.05) is 16.7 Å². The van der Waals surface area contributed by atoms with Gasteiger partial charge in [-0.05, 0) is 60.5 Å². The van der Waals surface area contributed by atoms with Gasteiger partial charge >= 0.3 is 0 Å². The fourth-order valence-corrected chi connectivity index (χ4v) is 10.0. The number of rotatable bonds is 4. The summed E-state index contributed by atoms with van der Waals surface area (Å²) in [6.45, 7) is 7.13. The molecule has 8 N–H and O–H groups in total. The lowest BCUT2D eigenvalue weighted by molar-refractivity contribution is 0.0909. The molecule has 23 heteroatoms. The van der Waals surface area contributed by atoms with Crippen LogP contribution in [0.1, 0.15) is 95.4 Å². The largest absolute Gasteiger partial charge is 0.495 e. The third kappa shape index (κ3) is 15.6. The number of hydrogen-bond donors (Lipinski definition) is 8. The summed E-state index contributed by atoms with van der Waals surface area (Å²) in [4.78, 5) is 120. The fraction of sp³-hybridized carbons (Fsp3) is 0.439. The second-order valence-electron chi connectivity index (χ2n) is 19.3. The van der Waals surface area contributed by atoms with Crippen LogP contribution in [0.15, 0.2) is 72.8 Å². The Morgan fingerprint density at radius 2 is 0.475 bits per heavy atom. The van der Waals surface area contributed by atoms with Gasteiger partial charge in [0.05, 0.1) is 54.7 Å². The summed E-state index contributed by atoms with van der Waals surface area (Å²) in [5.41, 5.74) is 2.30. The minimum absolute atomic E-state index is 0.0996. The van der Waals surface area contributed by atoms with E-state index in [-0.39, 0.29) is 115 Å². The molecule has 80 heavy (non-hydrogen) atoms. The third-order valence-electron chi connectivity index (χ3n) is 14.3. The summed E-state index contributed by atoms with van der Waals surface area (Å²) in [6, 6.07) is 19.4. The van der Waals surface area contributed by atoms with Gasteiger partial charge in [-0.25, -0.2) is 0 Å². The lowest BCUT2D eigenvalue weighted by Crippen LogP contribution is -2.46. The molecule has 4 aromatic carbocycles. The molecule has 4 heterocycles. The first-order chi connectivity index (χ1) is 38.8. The Morgan fingerprint density at radius 3 is 0.650 bits per heavy atom. The van der Waals surface area contributed by atoms with Gasteiger partial charge < -0.3 is 56.7 Å². The maximum atomic E-state index is 14.0. The zero-order valence-electron chi connectivity index (χ0n) is 46.1. The normalized spacial score (nSPS) is 21.3. The number of benzene rings is 4. The van der Waals surface area contributed by atoms with E-state index in [9.17, 15) is 38.4 Å². The van der Waals surface area contributed by atoms with Crippen LogP contribution in [-0.4, -0.2) is 219 Å². The zero-order valence-corrected chi connectivity index (χ0v) is 46.1. The van der Waals surface area contributed by atoms with Gasteiger partial charge in [0, 0.05) is 142 Å². The smallest absolute Gasteiger partial charge is 0.255 e. The van der Waals surface area contributed by atoms with Crippen molar-refractivity contribution in [3.8, 4) is 17.2 Å². The summed E-state index contributed by atoms with van der Waals surface area (Å²) in [6.07, 6.45) is 0.406. The molecule has 428 valence electrons. The summed E-state index contributed by atoms with van der Waals surface area (Å²) in [5.74, 6) is -3.16. The van der Waals surface area contributed by atoms with Gasteiger partial charge in [-0.2, -0.15) is 0 Å². The van der Waals surface area contributed by atoms with E-state index in [0.717, 1.165) is 0 Å². The first-order valence-electron chi connectivity index (χ1n) is 27.1. The molecular formula is C57H74N12O11. The van der Waals surface area contributed by atoms with Crippen LogP contribution >= 0.6 is 0 Å². The Morgan fingerprint density at radius 1 is 0.300 bits per heavy atom. The van der Waals surface area contributed by atoms with Crippen molar-refractivity contribution in [2.24, 2.45) is 0 Å². The first-order valence-corrected chi connectivity index (χ1v) is 27.1. The monoisotopic (exact) mass is 1100 g/mol. The minimum Gasteiger partial charge on any atom is -0.495 e. The molecule has 8 rings (SSSR count). The van der Waals surface area contributed by atoms with Crippen LogP contribution in [0, 0.1) is 0 Å². The summed E-state index contributed by atoms with van der Waals surface area (Å²) in [5, 5.41) is 24.0. The molecule has 0 aliphatic carbocycles. The number of nitrogens with one attached hydrogen (secondary N) is 8. The van der Waals surface area contributed by atoms with E-state index in [4.69, 9.17) is 14.2 Å². The predicted octanol–water partition coefficient (Wildman–Crippen LogP) is 0.463. The van der Waals surface area contributed by atoms with Crippen molar-refractivity contribution in [3.05, 3.63) is 123 Å². The van der Waals surface area contributed by atoms with Gasteiger partial charge in [0.25, 0.3) is 47.3 Å². The van der Waals surface area contributed by atoms with Gasteiger partial charge in [0.15, 0.2) is 0 Å². The summed E-state index contributed by atoms with van der Waals surface area (Å²) < 4.78 is 17.1. The average molecular weight is 1100 g/mol. The molecule has 4 aromatic rings. The van der Waals surface area contributed by atoms with Crippen molar-refractivity contribution in [1.29, 1.82) is 0 Å². The molecule has 0 saturated heterocycles. The number of carbonyl (C=O) groups is 8. The molecule has 0 radical (unpaired) electrons. The summed E-state index contributed by atoms with van der Waals surface area (Å²) in [7, 11) is 4.19. The van der Waals surface area contributed by atoms with Crippen LogP contribution in [0.3, 0.4) is 0 Å². The van der Waals surface area contributed by atoms with Gasteiger partial charge in [-0.1, -0.05) is 31.2 Å². The topological polar surface area (TPSA) is 273 Å². The number of amides is 8. The first kappa shape index (κ1) is 59.5. The Kier molecular flexibility index (Phi) is 22.1. The van der Waals surface area contributed by atoms with Crippen molar-refractivity contribution in [2.45, 2.75) is 13.3 Å². The number of carbonyl (C=O) groups excluding carboxylic acids is 8. The number of methoxy groups -OCH3 is 3. The van der Waals surface area contributed by atoms with Gasteiger partial charge in [0.1, 0.15) is 17.2 Å². The molecule has 0 aromatic heterocycles. The second-order valence-corrected chi connectivity index (χ2v) is 19.3. The van der Waals surface area contributed by atoms with Gasteiger partial charge in [-0.15, -0.1) is 0 Å². The Balaban J connectivity index is 1.31. The molecule has 0 saturated carbocycles. The third-order valence-corrected chi connectivity index (χ3v) is 14.3. The predicted molar refractivity (Wildman–Crippen MR) is 299 cm³/mol. The van der Waals surface area contributed by atoms with Crippen molar-refractivity contribution < 1.29 is 52.6 Å². The van der Waals surface area contributed by atoms with E-state index in [1.54, 1.807) is 72.8 Å². The van der Waals surface area contributed by atoms with Crippen molar-refractivity contribution in [2.75, 3.05) is 152 Å². The molecule has 4 aliphatic rings. The number of hydrogen-bond acceptors (Lipinski definition) is 15. The molecular weight excluding hydrogens is 1030 g/mol. The van der Waals surface area contributed by atoms with Gasteiger partial charge in [0.2, 0.25) is 0 Å². The number of para-hydroxylation sites is 3. The van der Waals surface area contributed by atoms with Crippen molar-refractivity contribution >= 4 is 47.3 Å². The van der Waals surface area contributed by atoms with Crippen LogP contribution in [0.2, 0.25) is 0 Å². The highest BCUT2D eigenvalue weighted by Crippen LogP contribution is 2.27. The number of nitrogens with zero attached hydrogens (tertiary/aromatic N) is 4. The second kappa shape index (κ2) is 29.7. The lowest BCUT2D eigenvalue weighted by atomic mass is 9.97.